The van der Waals surface area contributed by atoms with Gasteiger partial charge >= 0.3 is 0 Å². The molecule has 0 amide bonds. The first-order chi connectivity index (χ1) is 6.48. The molecule has 2 heteroatoms. The second-order valence-corrected chi connectivity index (χ2v) is 5.80. The summed E-state index contributed by atoms with van der Waals surface area (Å²) in [5, 5.41) is 0. The van der Waals surface area contributed by atoms with Gasteiger partial charge in [-0.15, -0.1) is 0 Å². The Bertz CT molecular complexity index is 225. The number of ketones is 1. The molecule has 0 spiro atoms. The first-order valence-corrected chi connectivity index (χ1v) is 5.77. The predicted octanol–water partition coefficient (Wildman–Crippen LogP) is 2.09. The Morgan fingerprint density at radius 2 is 1.64 bits per heavy atom. The van der Waals surface area contributed by atoms with Crippen molar-refractivity contribution in [3.05, 3.63) is 0 Å². The van der Waals surface area contributed by atoms with Crippen LogP contribution in [0.4, 0.5) is 0 Å². The molecule has 1 aliphatic carbocycles. The van der Waals surface area contributed by atoms with Gasteiger partial charge in [0.05, 0.1) is 0 Å². The summed E-state index contributed by atoms with van der Waals surface area (Å²) in [6.45, 7) is 8.74. The van der Waals surface area contributed by atoms with Crippen molar-refractivity contribution in [2.75, 3.05) is 13.1 Å². The highest BCUT2D eigenvalue weighted by Crippen LogP contribution is 2.34. The maximum atomic E-state index is 11.9. The minimum Gasteiger partial charge on any atom is -0.299 e. The average molecular weight is 195 g/mol. The SMILES string of the molecule is CC(C)(C)N1C[C@H]2CCC[C@@H](C1)C2=O. The molecule has 0 unspecified atom stereocenters. The summed E-state index contributed by atoms with van der Waals surface area (Å²) in [5.74, 6) is 1.25. The van der Waals surface area contributed by atoms with E-state index in [1.54, 1.807) is 0 Å². The Morgan fingerprint density at radius 3 is 2.07 bits per heavy atom. The van der Waals surface area contributed by atoms with Crippen LogP contribution in [0.3, 0.4) is 0 Å². The van der Waals surface area contributed by atoms with Crippen LogP contribution in [0.15, 0.2) is 0 Å². The van der Waals surface area contributed by atoms with E-state index in [2.05, 4.69) is 25.7 Å². The molecule has 80 valence electrons. The van der Waals surface area contributed by atoms with Crippen molar-refractivity contribution in [2.24, 2.45) is 11.8 Å². The molecule has 0 aromatic carbocycles. The second-order valence-electron chi connectivity index (χ2n) is 5.80. The lowest BCUT2D eigenvalue weighted by Gasteiger charge is -2.46. The summed E-state index contributed by atoms with van der Waals surface area (Å²) in [4.78, 5) is 14.3. The average Bonchev–Trinajstić information content (AvgIpc) is 2.00. The molecule has 0 radical (unpaired) electrons. The molecular weight excluding hydrogens is 174 g/mol. The van der Waals surface area contributed by atoms with Gasteiger partial charge in [-0.3, -0.25) is 9.69 Å². The van der Waals surface area contributed by atoms with E-state index in [1.807, 2.05) is 0 Å². The lowest BCUT2D eigenvalue weighted by Crippen LogP contribution is -2.55. The third kappa shape index (κ3) is 1.72. The zero-order chi connectivity index (χ0) is 10.3. The van der Waals surface area contributed by atoms with Crippen LogP contribution < -0.4 is 0 Å². The number of hydrogen-bond acceptors (Lipinski definition) is 2. The van der Waals surface area contributed by atoms with Crippen LogP contribution in [0.2, 0.25) is 0 Å². The van der Waals surface area contributed by atoms with Crippen LogP contribution in [0.1, 0.15) is 40.0 Å². The monoisotopic (exact) mass is 195 g/mol. The van der Waals surface area contributed by atoms with Crippen LogP contribution in [0.5, 0.6) is 0 Å². The largest absolute Gasteiger partial charge is 0.299 e. The van der Waals surface area contributed by atoms with Crippen LogP contribution in [0.25, 0.3) is 0 Å². The summed E-state index contributed by atoms with van der Waals surface area (Å²) < 4.78 is 0. The van der Waals surface area contributed by atoms with E-state index >= 15 is 0 Å². The summed E-state index contributed by atoms with van der Waals surface area (Å²) in [6, 6.07) is 0. The molecule has 0 aromatic rings. The van der Waals surface area contributed by atoms with E-state index in [-0.39, 0.29) is 5.54 Å². The highest BCUT2D eigenvalue weighted by Gasteiger charge is 2.40. The van der Waals surface area contributed by atoms with E-state index in [0.717, 1.165) is 25.9 Å². The molecule has 14 heavy (non-hydrogen) atoms. The van der Waals surface area contributed by atoms with Crippen molar-refractivity contribution in [1.29, 1.82) is 0 Å². The highest BCUT2D eigenvalue weighted by atomic mass is 16.1. The topological polar surface area (TPSA) is 20.3 Å². The summed E-state index contributed by atoms with van der Waals surface area (Å²) in [5.41, 5.74) is 0.231. The Balaban J connectivity index is 2.11. The molecule has 1 heterocycles. The zero-order valence-electron chi connectivity index (χ0n) is 9.55. The van der Waals surface area contributed by atoms with Crippen molar-refractivity contribution in [3.8, 4) is 0 Å². The molecule has 2 rings (SSSR count). The van der Waals surface area contributed by atoms with E-state index in [4.69, 9.17) is 0 Å². The van der Waals surface area contributed by atoms with Gasteiger partial charge in [0.1, 0.15) is 5.78 Å². The number of likely N-dealkylation sites (tertiary alicyclic amines) is 1. The fourth-order valence-electron chi connectivity index (χ4n) is 2.75. The van der Waals surface area contributed by atoms with Gasteiger partial charge < -0.3 is 0 Å². The van der Waals surface area contributed by atoms with Crippen molar-refractivity contribution in [2.45, 2.75) is 45.6 Å². The van der Waals surface area contributed by atoms with E-state index < -0.39 is 0 Å². The number of piperidine rings is 1. The quantitative estimate of drug-likeness (QED) is 0.590. The fraction of sp³-hybridized carbons (Fsp3) is 0.917. The first-order valence-electron chi connectivity index (χ1n) is 5.77. The van der Waals surface area contributed by atoms with Crippen molar-refractivity contribution in [1.82, 2.24) is 4.90 Å². The molecule has 2 fully saturated rings. The van der Waals surface area contributed by atoms with E-state index in [1.165, 1.54) is 6.42 Å². The summed E-state index contributed by atoms with van der Waals surface area (Å²) in [6.07, 6.45) is 3.52. The number of nitrogens with zero attached hydrogens (tertiary/aromatic N) is 1. The number of rotatable bonds is 0. The standard InChI is InChI=1S/C12H21NO/c1-12(2,3)13-7-9-5-4-6-10(8-13)11(9)14/h9-10H,4-8H2,1-3H3/t9-,10+. The van der Waals surface area contributed by atoms with Crippen molar-refractivity contribution < 1.29 is 4.79 Å². The fourth-order valence-corrected chi connectivity index (χ4v) is 2.75. The minimum absolute atomic E-state index is 0.231. The van der Waals surface area contributed by atoms with Gasteiger partial charge in [-0.05, 0) is 33.6 Å². The Morgan fingerprint density at radius 1 is 1.14 bits per heavy atom. The second kappa shape index (κ2) is 3.34. The van der Waals surface area contributed by atoms with Gasteiger partial charge in [0, 0.05) is 30.5 Å². The normalized spacial score (nSPS) is 34.6. The molecule has 1 saturated heterocycles. The zero-order valence-corrected chi connectivity index (χ0v) is 9.55. The molecule has 0 N–H and O–H groups in total. The summed E-state index contributed by atoms with van der Waals surface area (Å²) >= 11 is 0. The molecule has 2 aliphatic rings. The van der Waals surface area contributed by atoms with E-state index in [0.29, 0.717) is 17.6 Å². The molecular formula is C12H21NO. The van der Waals surface area contributed by atoms with Crippen molar-refractivity contribution in [3.63, 3.8) is 0 Å². The molecule has 1 aliphatic heterocycles. The number of carbonyl (C=O) groups is 1. The maximum Gasteiger partial charge on any atom is 0.141 e. The Labute approximate surface area is 86.7 Å². The smallest absolute Gasteiger partial charge is 0.141 e. The highest BCUT2D eigenvalue weighted by molar-refractivity contribution is 5.85. The van der Waals surface area contributed by atoms with E-state index in [9.17, 15) is 4.79 Å². The van der Waals surface area contributed by atoms with Gasteiger partial charge in [0.15, 0.2) is 0 Å². The number of carbonyl (C=O) groups excluding carboxylic acids is 1. The minimum atomic E-state index is 0.231. The molecule has 1 saturated carbocycles. The Kier molecular flexibility index (Phi) is 2.42. The lowest BCUT2D eigenvalue weighted by molar-refractivity contribution is -0.136. The van der Waals surface area contributed by atoms with Crippen molar-refractivity contribution >= 4 is 5.78 Å². The van der Waals surface area contributed by atoms with Crippen LogP contribution in [-0.4, -0.2) is 29.3 Å². The van der Waals surface area contributed by atoms with Gasteiger partial charge in [-0.25, -0.2) is 0 Å². The van der Waals surface area contributed by atoms with Gasteiger partial charge in [0.25, 0.3) is 0 Å². The third-order valence-electron chi connectivity index (χ3n) is 3.74. The third-order valence-corrected chi connectivity index (χ3v) is 3.74. The predicted molar refractivity (Wildman–Crippen MR) is 57.2 cm³/mol. The Hall–Kier alpha value is -0.370. The molecule has 0 aromatic heterocycles. The first kappa shape index (κ1) is 10.2. The van der Waals surface area contributed by atoms with Crippen LogP contribution in [-0.2, 0) is 4.79 Å². The molecule has 2 nitrogen and oxygen atoms in total. The number of Topliss-reactive ketones (excluding diaryl/α,β-unsaturated/α-hetero) is 1. The summed E-state index contributed by atoms with van der Waals surface area (Å²) in [7, 11) is 0. The van der Waals surface area contributed by atoms with Gasteiger partial charge in [0.2, 0.25) is 0 Å². The lowest BCUT2D eigenvalue weighted by atomic mass is 9.75. The maximum absolute atomic E-state index is 11.9. The number of fused-ring (bicyclic) bond motifs is 2. The molecule has 2 bridgehead atoms. The van der Waals surface area contributed by atoms with Crippen LogP contribution >= 0.6 is 0 Å². The molecule has 2 atom stereocenters. The van der Waals surface area contributed by atoms with Gasteiger partial charge in [-0.2, -0.15) is 0 Å². The van der Waals surface area contributed by atoms with Crippen LogP contribution in [0, 0.1) is 11.8 Å². The number of hydrogen-bond donors (Lipinski definition) is 0. The van der Waals surface area contributed by atoms with Gasteiger partial charge in [-0.1, -0.05) is 6.42 Å².